The fourth-order valence-electron chi connectivity index (χ4n) is 2.29. The van der Waals surface area contributed by atoms with E-state index in [4.69, 9.17) is 4.74 Å². The van der Waals surface area contributed by atoms with E-state index in [0.29, 0.717) is 18.2 Å². The van der Waals surface area contributed by atoms with Gasteiger partial charge in [0.05, 0.1) is 12.9 Å². The summed E-state index contributed by atoms with van der Waals surface area (Å²) in [5.41, 5.74) is 3.64. The number of rotatable bonds is 8. The number of benzene rings is 2. The van der Waals surface area contributed by atoms with Crippen LogP contribution >= 0.6 is 11.8 Å². The van der Waals surface area contributed by atoms with Crippen molar-refractivity contribution in [1.29, 1.82) is 0 Å². The van der Waals surface area contributed by atoms with Crippen molar-refractivity contribution in [2.24, 2.45) is 0 Å². The highest BCUT2D eigenvalue weighted by Gasteiger charge is 2.04. The summed E-state index contributed by atoms with van der Waals surface area (Å²) in [6.07, 6.45) is 0. The van der Waals surface area contributed by atoms with Gasteiger partial charge in [0.2, 0.25) is 5.91 Å². The summed E-state index contributed by atoms with van der Waals surface area (Å²) in [5, 5.41) is 2.95. The second-order valence-electron chi connectivity index (χ2n) is 6.02. The molecule has 128 valence electrons. The maximum Gasteiger partial charge on any atom is 0.230 e. The highest BCUT2D eigenvalue weighted by atomic mass is 32.2. The molecule has 1 amide bonds. The van der Waals surface area contributed by atoms with Gasteiger partial charge >= 0.3 is 0 Å². The molecule has 0 fully saturated rings. The van der Waals surface area contributed by atoms with Crippen LogP contribution in [0, 0.1) is 0 Å². The molecule has 0 aromatic heterocycles. The number of carbonyl (C=O) groups is 1. The third kappa shape index (κ3) is 5.93. The molecule has 0 aliphatic rings. The molecule has 0 radical (unpaired) electrons. The zero-order valence-corrected chi connectivity index (χ0v) is 15.4. The van der Waals surface area contributed by atoms with E-state index < -0.39 is 0 Å². The van der Waals surface area contributed by atoms with Crippen LogP contribution in [-0.2, 0) is 17.1 Å². The van der Waals surface area contributed by atoms with Crippen LogP contribution in [0.4, 0.5) is 0 Å². The zero-order chi connectivity index (χ0) is 17.4. The fraction of sp³-hybridized carbons (Fsp3) is 0.350. The quantitative estimate of drug-likeness (QED) is 0.773. The van der Waals surface area contributed by atoms with Gasteiger partial charge in [-0.15, -0.1) is 11.8 Å². The third-order valence-corrected chi connectivity index (χ3v) is 4.78. The molecule has 0 saturated heterocycles. The van der Waals surface area contributed by atoms with Crippen molar-refractivity contribution >= 4 is 17.7 Å². The average Bonchev–Trinajstić information content (AvgIpc) is 2.60. The molecule has 2 aromatic rings. The predicted octanol–water partition coefficient (Wildman–Crippen LogP) is 4.37. The van der Waals surface area contributed by atoms with E-state index in [1.54, 1.807) is 18.9 Å². The molecular weight excluding hydrogens is 318 g/mol. The summed E-state index contributed by atoms with van der Waals surface area (Å²) in [6, 6.07) is 16.4. The molecule has 2 aromatic carbocycles. The van der Waals surface area contributed by atoms with Gasteiger partial charge in [0, 0.05) is 12.3 Å². The zero-order valence-electron chi connectivity index (χ0n) is 14.5. The molecular formula is C20H25NO2S. The molecule has 0 spiro atoms. The summed E-state index contributed by atoms with van der Waals surface area (Å²) in [6.45, 7) is 4.91. The number of hydrogen-bond acceptors (Lipinski definition) is 3. The molecule has 24 heavy (non-hydrogen) atoms. The van der Waals surface area contributed by atoms with Crippen LogP contribution in [0.25, 0.3) is 0 Å². The maximum absolute atomic E-state index is 11.9. The standard InChI is InChI=1S/C20H25NO2S/c1-15(2)18-9-7-16(8-10-18)13-24-14-20(22)21-12-17-5-4-6-19(11-17)23-3/h4-11,15H,12-14H2,1-3H3,(H,21,22). The Hall–Kier alpha value is -1.94. The van der Waals surface area contributed by atoms with Gasteiger partial charge in [0.25, 0.3) is 0 Å². The summed E-state index contributed by atoms with van der Waals surface area (Å²) in [7, 11) is 1.64. The number of hydrogen-bond donors (Lipinski definition) is 1. The largest absolute Gasteiger partial charge is 0.497 e. The summed E-state index contributed by atoms with van der Waals surface area (Å²) >= 11 is 1.63. The second kappa shape index (κ2) is 9.38. The number of thioether (sulfide) groups is 1. The van der Waals surface area contributed by atoms with E-state index in [-0.39, 0.29) is 5.91 Å². The van der Waals surface area contributed by atoms with Crippen LogP contribution in [0.1, 0.15) is 36.5 Å². The predicted molar refractivity (Wildman–Crippen MR) is 102 cm³/mol. The minimum atomic E-state index is 0.0571. The van der Waals surface area contributed by atoms with E-state index in [1.807, 2.05) is 24.3 Å². The number of nitrogens with one attached hydrogen (secondary N) is 1. The van der Waals surface area contributed by atoms with Crippen molar-refractivity contribution in [3.63, 3.8) is 0 Å². The van der Waals surface area contributed by atoms with Gasteiger partial charge < -0.3 is 10.1 Å². The smallest absolute Gasteiger partial charge is 0.230 e. The SMILES string of the molecule is COc1cccc(CNC(=O)CSCc2ccc(C(C)C)cc2)c1. The Morgan fingerprint density at radius 2 is 1.88 bits per heavy atom. The van der Waals surface area contributed by atoms with Crippen LogP contribution in [0.15, 0.2) is 48.5 Å². The summed E-state index contributed by atoms with van der Waals surface area (Å²) < 4.78 is 5.18. The Labute approximate surface area is 148 Å². The maximum atomic E-state index is 11.9. The van der Waals surface area contributed by atoms with Crippen molar-refractivity contribution in [2.45, 2.75) is 32.1 Å². The summed E-state index contributed by atoms with van der Waals surface area (Å²) in [5.74, 6) is 2.73. The van der Waals surface area contributed by atoms with Crippen molar-refractivity contribution < 1.29 is 9.53 Å². The Kier molecular flexibility index (Phi) is 7.19. The Morgan fingerprint density at radius 1 is 1.12 bits per heavy atom. The lowest BCUT2D eigenvalue weighted by Crippen LogP contribution is -2.24. The summed E-state index contributed by atoms with van der Waals surface area (Å²) in [4.78, 5) is 11.9. The van der Waals surface area contributed by atoms with Gasteiger partial charge in [-0.1, -0.05) is 50.2 Å². The fourth-order valence-corrected chi connectivity index (χ4v) is 3.11. The van der Waals surface area contributed by atoms with Crippen LogP contribution in [0.3, 0.4) is 0 Å². The molecule has 4 heteroatoms. The molecule has 0 aliphatic heterocycles. The van der Waals surface area contributed by atoms with Crippen molar-refractivity contribution in [1.82, 2.24) is 5.32 Å². The molecule has 0 unspecified atom stereocenters. The first-order chi connectivity index (χ1) is 11.6. The molecule has 1 N–H and O–H groups in total. The highest BCUT2D eigenvalue weighted by molar-refractivity contribution is 7.99. The van der Waals surface area contributed by atoms with Crippen molar-refractivity contribution in [3.8, 4) is 5.75 Å². The van der Waals surface area contributed by atoms with Gasteiger partial charge in [0.15, 0.2) is 0 Å². The molecule has 0 bridgehead atoms. The molecule has 3 nitrogen and oxygen atoms in total. The van der Waals surface area contributed by atoms with Gasteiger partial charge in [-0.2, -0.15) is 0 Å². The van der Waals surface area contributed by atoms with Crippen LogP contribution in [0.2, 0.25) is 0 Å². The second-order valence-corrected chi connectivity index (χ2v) is 7.00. The number of amides is 1. The topological polar surface area (TPSA) is 38.3 Å². The highest BCUT2D eigenvalue weighted by Crippen LogP contribution is 2.18. The number of methoxy groups -OCH3 is 1. The lowest BCUT2D eigenvalue weighted by molar-refractivity contribution is -0.118. The van der Waals surface area contributed by atoms with Crippen LogP contribution in [0.5, 0.6) is 5.75 Å². The Bertz CT molecular complexity index is 653. The van der Waals surface area contributed by atoms with E-state index in [2.05, 4.69) is 43.4 Å². The van der Waals surface area contributed by atoms with Gasteiger partial charge in [-0.25, -0.2) is 0 Å². The van der Waals surface area contributed by atoms with Gasteiger partial charge in [-0.05, 0) is 34.7 Å². The Balaban J connectivity index is 1.71. The lowest BCUT2D eigenvalue weighted by atomic mass is 10.0. The van der Waals surface area contributed by atoms with Crippen LogP contribution in [-0.4, -0.2) is 18.8 Å². The first kappa shape index (κ1) is 18.4. The average molecular weight is 343 g/mol. The molecule has 0 heterocycles. The third-order valence-electron chi connectivity index (χ3n) is 3.77. The van der Waals surface area contributed by atoms with Crippen molar-refractivity contribution in [2.75, 3.05) is 12.9 Å². The Morgan fingerprint density at radius 3 is 2.54 bits per heavy atom. The minimum Gasteiger partial charge on any atom is -0.497 e. The molecule has 0 aliphatic carbocycles. The normalized spacial score (nSPS) is 10.7. The van der Waals surface area contributed by atoms with Crippen LogP contribution < -0.4 is 10.1 Å². The minimum absolute atomic E-state index is 0.0571. The van der Waals surface area contributed by atoms with Gasteiger partial charge in [-0.3, -0.25) is 4.79 Å². The first-order valence-electron chi connectivity index (χ1n) is 8.14. The molecule has 2 rings (SSSR count). The molecule has 0 atom stereocenters. The van der Waals surface area contributed by atoms with E-state index >= 15 is 0 Å². The van der Waals surface area contributed by atoms with Crippen molar-refractivity contribution in [3.05, 3.63) is 65.2 Å². The van der Waals surface area contributed by atoms with E-state index in [0.717, 1.165) is 17.1 Å². The van der Waals surface area contributed by atoms with E-state index in [1.165, 1.54) is 11.1 Å². The first-order valence-corrected chi connectivity index (χ1v) is 9.30. The number of ether oxygens (including phenoxy) is 1. The number of carbonyl (C=O) groups excluding carboxylic acids is 1. The monoisotopic (exact) mass is 343 g/mol. The lowest BCUT2D eigenvalue weighted by Gasteiger charge is -2.08. The molecule has 0 saturated carbocycles. The van der Waals surface area contributed by atoms with Gasteiger partial charge in [0.1, 0.15) is 5.75 Å². The van der Waals surface area contributed by atoms with E-state index in [9.17, 15) is 4.79 Å².